The van der Waals surface area contributed by atoms with Crippen LogP contribution in [0.3, 0.4) is 0 Å². The van der Waals surface area contributed by atoms with E-state index < -0.39 is 9.84 Å². The quantitative estimate of drug-likeness (QED) is 0.538. The number of imidazole rings is 1. The minimum Gasteiger partial charge on any atom is -0.493 e. The van der Waals surface area contributed by atoms with Crippen LogP contribution in [-0.4, -0.2) is 46.3 Å². The molecule has 0 aliphatic rings. The standard InChI is InChI=1S/C18H18N6O3S/c1-10-4-5-11(28(3,25)26)6-12(10)14-7-20-18-17(19)22-13(9-24(14)18)16-15(27-2)8-21-23-16/h4-9H,1-3H3,(H2,19,22)(H,21,23). The second-order valence-electron chi connectivity index (χ2n) is 6.41. The number of aromatic nitrogens is 5. The summed E-state index contributed by atoms with van der Waals surface area (Å²) >= 11 is 0. The summed E-state index contributed by atoms with van der Waals surface area (Å²) in [6.45, 7) is 1.91. The molecule has 3 heterocycles. The zero-order valence-electron chi connectivity index (χ0n) is 15.5. The molecular formula is C18H18N6O3S. The molecule has 0 fully saturated rings. The molecule has 1 aromatic carbocycles. The maximum atomic E-state index is 12.0. The molecule has 0 unspecified atom stereocenters. The van der Waals surface area contributed by atoms with Gasteiger partial charge in [0.2, 0.25) is 0 Å². The number of H-pyrrole nitrogens is 1. The summed E-state index contributed by atoms with van der Waals surface area (Å²) in [4.78, 5) is 8.98. The second kappa shape index (κ2) is 6.34. The van der Waals surface area contributed by atoms with Crippen LogP contribution in [0.25, 0.3) is 28.3 Å². The average Bonchev–Trinajstić information content (AvgIpc) is 3.27. The van der Waals surface area contributed by atoms with Crippen molar-refractivity contribution in [2.45, 2.75) is 11.8 Å². The van der Waals surface area contributed by atoms with E-state index in [1.807, 2.05) is 6.92 Å². The van der Waals surface area contributed by atoms with Crippen LogP contribution in [0.2, 0.25) is 0 Å². The zero-order chi connectivity index (χ0) is 20.1. The van der Waals surface area contributed by atoms with Crippen LogP contribution in [0.4, 0.5) is 5.82 Å². The Hall–Kier alpha value is -3.40. The number of rotatable bonds is 4. The van der Waals surface area contributed by atoms with E-state index in [0.717, 1.165) is 11.1 Å². The van der Waals surface area contributed by atoms with Crippen molar-refractivity contribution in [3.63, 3.8) is 0 Å². The lowest BCUT2D eigenvalue weighted by Crippen LogP contribution is -2.02. The number of anilines is 1. The Bertz CT molecular complexity index is 1310. The van der Waals surface area contributed by atoms with E-state index >= 15 is 0 Å². The summed E-state index contributed by atoms with van der Waals surface area (Å²) in [5.41, 5.74) is 10.0. The van der Waals surface area contributed by atoms with Gasteiger partial charge in [0.1, 0.15) is 11.4 Å². The van der Waals surface area contributed by atoms with Crippen molar-refractivity contribution < 1.29 is 13.2 Å². The summed E-state index contributed by atoms with van der Waals surface area (Å²) in [6.07, 6.45) is 6.14. The van der Waals surface area contributed by atoms with Crippen LogP contribution in [0.1, 0.15) is 5.56 Å². The van der Waals surface area contributed by atoms with Gasteiger partial charge in [0.25, 0.3) is 0 Å². The van der Waals surface area contributed by atoms with Gasteiger partial charge in [0, 0.05) is 18.0 Å². The van der Waals surface area contributed by atoms with Gasteiger partial charge < -0.3 is 10.5 Å². The molecule has 0 spiro atoms. The van der Waals surface area contributed by atoms with Gasteiger partial charge in [-0.05, 0) is 24.6 Å². The highest BCUT2D eigenvalue weighted by Gasteiger charge is 2.18. The lowest BCUT2D eigenvalue weighted by atomic mass is 10.1. The second-order valence-corrected chi connectivity index (χ2v) is 8.43. The monoisotopic (exact) mass is 398 g/mol. The summed E-state index contributed by atoms with van der Waals surface area (Å²) in [7, 11) is -1.80. The van der Waals surface area contributed by atoms with Crippen LogP contribution in [0.15, 0.2) is 41.7 Å². The zero-order valence-corrected chi connectivity index (χ0v) is 16.3. The lowest BCUT2D eigenvalue weighted by Gasteiger charge is -2.10. The number of fused-ring (bicyclic) bond motifs is 1. The molecule has 3 N–H and O–H groups in total. The molecule has 0 aliphatic heterocycles. The van der Waals surface area contributed by atoms with Gasteiger partial charge in [0.05, 0.1) is 30.1 Å². The molecule has 0 saturated carbocycles. The van der Waals surface area contributed by atoms with E-state index in [0.29, 0.717) is 28.5 Å². The SMILES string of the molecule is COc1cn[nH]c1-c1cn2c(-c3cc(S(C)(=O)=O)ccc3C)cnc2c(N)n1. The first-order valence-electron chi connectivity index (χ1n) is 8.32. The molecule has 3 aromatic heterocycles. The fourth-order valence-electron chi connectivity index (χ4n) is 3.05. The molecule has 10 heteroatoms. The fraction of sp³-hybridized carbons (Fsp3) is 0.167. The van der Waals surface area contributed by atoms with Crippen molar-refractivity contribution in [3.05, 3.63) is 42.4 Å². The highest BCUT2D eigenvalue weighted by Crippen LogP contribution is 2.31. The van der Waals surface area contributed by atoms with Crippen LogP contribution in [-0.2, 0) is 9.84 Å². The van der Waals surface area contributed by atoms with Crippen molar-refractivity contribution in [2.75, 3.05) is 19.1 Å². The Morgan fingerprint density at radius 2 is 2.04 bits per heavy atom. The first-order chi connectivity index (χ1) is 13.3. The van der Waals surface area contributed by atoms with Crippen LogP contribution < -0.4 is 10.5 Å². The van der Waals surface area contributed by atoms with E-state index in [9.17, 15) is 8.42 Å². The van der Waals surface area contributed by atoms with Gasteiger partial charge >= 0.3 is 0 Å². The van der Waals surface area contributed by atoms with Crippen molar-refractivity contribution in [1.29, 1.82) is 0 Å². The number of methoxy groups -OCH3 is 1. The molecule has 0 aliphatic carbocycles. The van der Waals surface area contributed by atoms with Crippen LogP contribution in [0, 0.1) is 6.92 Å². The van der Waals surface area contributed by atoms with E-state index in [1.165, 1.54) is 6.26 Å². The molecule has 0 saturated heterocycles. The molecule has 0 radical (unpaired) electrons. The fourth-order valence-corrected chi connectivity index (χ4v) is 3.70. The third-order valence-corrected chi connectivity index (χ3v) is 5.62. The highest BCUT2D eigenvalue weighted by atomic mass is 32.2. The number of nitrogens with zero attached hydrogens (tertiary/aromatic N) is 4. The molecule has 4 aromatic rings. The van der Waals surface area contributed by atoms with Gasteiger partial charge in [-0.1, -0.05) is 6.07 Å². The van der Waals surface area contributed by atoms with E-state index in [2.05, 4.69) is 20.2 Å². The number of sulfone groups is 1. The number of nitrogen functional groups attached to an aromatic ring is 1. The number of ether oxygens (including phenoxy) is 1. The summed E-state index contributed by atoms with van der Waals surface area (Å²) in [5, 5.41) is 6.83. The molecule has 0 bridgehead atoms. The Labute approximate surface area is 161 Å². The lowest BCUT2D eigenvalue weighted by molar-refractivity contribution is 0.416. The van der Waals surface area contributed by atoms with Gasteiger partial charge in [-0.25, -0.2) is 18.4 Å². The molecule has 0 atom stereocenters. The molecular weight excluding hydrogens is 380 g/mol. The van der Waals surface area contributed by atoms with Gasteiger partial charge in [-0.3, -0.25) is 9.50 Å². The largest absolute Gasteiger partial charge is 0.493 e. The number of hydrogen-bond donors (Lipinski definition) is 2. The number of nitrogens with one attached hydrogen (secondary N) is 1. The van der Waals surface area contributed by atoms with Gasteiger partial charge in [-0.2, -0.15) is 5.10 Å². The van der Waals surface area contributed by atoms with Crippen molar-refractivity contribution >= 4 is 21.3 Å². The first kappa shape index (κ1) is 18.0. The van der Waals surface area contributed by atoms with E-state index in [1.54, 1.807) is 48.3 Å². The maximum absolute atomic E-state index is 12.0. The topological polar surface area (TPSA) is 128 Å². The molecule has 0 amide bonds. The van der Waals surface area contributed by atoms with Crippen LogP contribution >= 0.6 is 0 Å². The van der Waals surface area contributed by atoms with Crippen molar-refractivity contribution in [3.8, 4) is 28.4 Å². The van der Waals surface area contributed by atoms with Crippen molar-refractivity contribution in [1.82, 2.24) is 24.6 Å². The van der Waals surface area contributed by atoms with Gasteiger partial charge in [0.15, 0.2) is 27.1 Å². The van der Waals surface area contributed by atoms with E-state index in [-0.39, 0.29) is 10.7 Å². The highest BCUT2D eigenvalue weighted by molar-refractivity contribution is 7.90. The number of aryl methyl sites for hydroxylation is 1. The molecule has 4 rings (SSSR count). The molecule has 28 heavy (non-hydrogen) atoms. The molecule has 144 valence electrons. The predicted molar refractivity (Wildman–Crippen MR) is 105 cm³/mol. The van der Waals surface area contributed by atoms with Crippen LogP contribution in [0.5, 0.6) is 5.75 Å². The number of benzene rings is 1. The number of nitrogens with two attached hydrogens (primary N) is 1. The normalized spacial score (nSPS) is 11.8. The Morgan fingerprint density at radius 1 is 1.25 bits per heavy atom. The van der Waals surface area contributed by atoms with Crippen molar-refractivity contribution in [2.24, 2.45) is 0 Å². The first-order valence-corrected chi connectivity index (χ1v) is 10.2. The third kappa shape index (κ3) is 2.87. The Balaban J connectivity index is 1.97. The number of aromatic amines is 1. The minimum absolute atomic E-state index is 0.234. The van der Waals surface area contributed by atoms with E-state index in [4.69, 9.17) is 10.5 Å². The Kier molecular flexibility index (Phi) is 4.07. The maximum Gasteiger partial charge on any atom is 0.180 e. The average molecular weight is 398 g/mol. The third-order valence-electron chi connectivity index (χ3n) is 4.51. The number of hydrogen-bond acceptors (Lipinski definition) is 7. The summed E-state index contributed by atoms with van der Waals surface area (Å²) in [5.74, 6) is 0.764. The predicted octanol–water partition coefficient (Wildman–Crippen LogP) is 2.09. The smallest absolute Gasteiger partial charge is 0.180 e. The minimum atomic E-state index is -3.34. The van der Waals surface area contributed by atoms with Gasteiger partial charge in [-0.15, -0.1) is 0 Å². The Morgan fingerprint density at radius 3 is 2.75 bits per heavy atom. The summed E-state index contributed by atoms with van der Waals surface area (Å²) in [6, 6.07) is 5.00. The molecule has 9 nitrogen and oxygen atoms in total. The summed E-state index contributed by atoms with van der Waals surface area (Å²) < 4.78 is 31.1.